The van der Waals surface area contributed by atoms with Gasteiger partial charge in [0.25, 0.3) is 11.7 Å². The topological polar surface area (TPSA) is 193 Å². The van der Waals surface area contributed by atoms with Crippen molar-refractivity contribution in [3.05, 3.63) is 34.9 Å². The highest BCUT2D eigenvalue weighted by Crippen LogP contribution is 2.35. The third kappa shape index (κ3) is 5.72. The molecule has 178 valence electrons. The summed E-state index contributed by atoms with van der Waals surface area (Å²) in [5, 5.41) is 12.6. The van der Waals surface area contributed by atoms with Crippen LogP contribution in [0.4, 0.5) is 11.6 Å². The fourth-order valence-corrected chi connectivity index (χ4v) is 4.38. The van der Waals surface area contributed by atoms with Crippen molar-refractivity contribution in [3.63, 3.8) is 0 Å². The maximum atomic E-state index is 12.7. The number of carbonyl (C=O) groups is 1. The number of aromatic hydroxyl groups is 1. The second-order valence-electron chi connectivity index (χ2n) is 7.40. The number of phenols is 1. The van der Waals surface area contributed by atoms with Crippen LogP contribution >= 0.6 is 19.2 Å². The van der Waals surface area contributed by atoms with E-state index in [1.807, 2.05) is 16.1 Å². The summed E-state index contributed by atoms with van der Waals surface area (Å²) >= 11 is 5.87. The van der Waals surface area contributed by atoms with E-state index in [0.717, 1.165) is 16.9 Å². The van der Waals surface area contributed by atoms with Crippen LogP contribution < -0.4 is 21.4 Å². The fraction of sp³-hybridized carbons (Fsp3) is 0.368. The number of amides is 1. The molecular weight excluding hydrogens is 473 g/mol. The number of unbranched alkanes of at least 4 members (excludes halogenated alkanes) is 1. The van der Waals surface area contributed by atoms with Gasteiger partial charge in [-0.15, -0.1) is 0 Å². The van der Waals surface area contributed by atoms with Crippen molar-refractivity contribution in [2.24, 2.45) is 0 Å². The maximum Gasteiger partial charge on any atom is 0.325 e. The summed E-state index contributed by atoms with van der Waals surface area (Å²) in [4.78, 5) is 38.7. The van der Waals surface area contributed by atoms with E-state index in [-0.39, 0.29) is 40.9 Å². The van der Waals surface area contributed by atoms with Crippen molar-refractivity contribution in [3.8, 4) is 5.75 Å². The molecule has 0 saturated carbocycles. The molecule has 3 rings (SSSR count). The molecule has 0 aliphatic rings. The number of fused-ring (bicyclic) bond motifs is 1. The largest absolute Gasteiger partial charge is 0.508 e. The van der Waals surface area contributed by atoms with Gasteiger partial charge in [-0.1, -0.05) is 11.6 Å². The Hall–Kier alpha value is -2.92. The molecule has 0 bridgehead atoms. The summed E-state index contributed by atoms with van der Waals surface area (Å²) < 4.78 is 15.0. The van der Waals surface area contributed by atoms with Crippen LogP contribution in [-0.4, -0.2) is 41.5 Å². The van der Waals surface area contributed by atoms with Gasteiger partial charge in [0.2, 0.25) is 0 Å². The molecule has 2 heterocycles. The van der Waals surface area contributed by atoms with E-state index in [9.17, 15) is 14.5 Å². The van der Waals surface area contributed by atoms with Gasteiger partial charge in [0.15, 0.2) is 33.5 Å². The lowest BCUT2D eigenvalue weighted by Crippen LogP contribution is -2.40. The fourth-order valence-electron chi connectivity index (χ4n) is 3.61. The first-order chi connectivity index (χ1) is 15.5. The molecule has 2 aromatic heterocycles. The van der Waals surface area contributed by atoms with Crippen molar-refractivity contribution in [1.29, 1.82) is 0 Å². The first-order valence-corrected chi connectivity index (χ1v) is 12.3. The van der Waals surface area contributed by atoms with Crippen LogP contribution in [0.1, 0.15) is 36.1 Å². The number of nitrogens with zero attached hydrogens (tertiary/aromatic N) is 4. The first-order valence-electron chi connectivity index (χ1n) is 10.2. The number of imidazole rings is 1. The Labute approximate surface area is 194 Å². The van der Waals surface area contributed by atoms with E-state index >= 15 is 0 Å². The highest BCUT2D eigenvalue weighted by Gasteiger charge is 2.26. The van der Waals surface area contributed by atoms with Gasteiger partial charge in [0, 0.05) is 12.2 Å². The van der Waals surface area contributed by atoms with E-state index in [0.29, 0.717) is 25.9 Å². The lowest BCUT2D eigenvalue weighted by molar-refractivity contribution is -0.676. The zero-order chi connectivity index (χ0) is 24.3. The Kier molecular flexibility index (Phi) is 7.43. The molecule has 1 aromatic carbocycles. The van der Waals surface area contributed by atoms with E-state index in [1.54, 1.807) is 18.2 Å². The molecule has 14 heteroatoms. The van der Waals surface area contributed by atoms with Gasteiger partial charge in [-0.25, -0.2) is 19.1 Å². The molecule has 0 spiro atoms. The summed E-state index contributed by atoms with van der Waals surface area (Å²) in [6, 6.07) is 4.95. The van der Waals surface area contributed by atoms with Crippen LogP contribution in [0.5, 0.6) is 5.75 Å². The first kappa shape index (κ1) is 24.7. The average molecular weight is 499 g/mol. The number of halogens is 1. The van der Waals surface area contributed by atoms with Crippen LogP contribution in [0.2, 0.25) is 5.15 Å². The average Bonchev–Trinajstić information content (AvgIpc) is 3.03. The Morgan fingerprint density at radius 2 is 1.97 bits per heavy atom. The number of hydrogen-bond donors (Lipinski definition) is 6. The molecule has 0 radical (unpaired) electrons. The van der Waals surface area contributed by atoms with Gasteiger partial charge < -0.3 is 31.7 Å². The zero-order valence-corrected chi connectivity index (χ0v) is 19.6. The Morgan fingerprint density at radius 1 is 1.24 bits per heavy atom. The Bertz CT molecular complexity index is 1240. The van der Waals surface area contributed by atoms with Crippen LogP contribution in [0.3, 0.4) is 0 Å². The van der Waals surface area contributed by atoms with Crippen molar-refractivity contribution in [2.45, 2.75) is 39.4 Å². The number of rotatable bonds is 9. The monoisotopic (exact) mass is 498 g/mol. The van der Waals surface area contributed by atoms with Gasteiger partial charge in [-0.2, -0.15) is 0 Å². The lowest BCUT2D eigenvalue weighted by atomic mass is 10.2. The number of phenolic OH excluding ortho intramolecular Hbond substituents is 1. The summed E-state index contributed by atoms with van der Waals surface area (Å²) in [6.45, 7) is 3.04. The molecule has 0 saturated heterocycles. The van der Waals surface area contributed by atoms with Crippen LogP contribution in [0.15, 0.2) is 18.2 Å². The molecule has 0 aliphatic carbocycles. The molecule has 0 aliphatic heterocycles. The number of nitrogen functional groups attached to an aromatic ring is 2. The summed E-state index contributed by atoms with van der Waals surface area (Å²) in [7, 11) is -4.08. The van der Waals surface area contributed by atoms with Crippen molar-refractivity contribution in [2.75, 3.05) is 17.6 Å². The lowest BCUT2D eigenvalue weighted by Gasteiger charge is -2.09. The van der Waals surface area contributed by atoms with E-state index < -0.39 is 13.5 Å². The number of hydrogen-bond acceptors (Lipinski definition) is 7. The number of carbonyl (C=O) groups excluding carboxylic acids is 1. The Balaban J connectivity index is 1.91. The number of nitrogens with two attached hydrogens (primary N) is 2. The van der Waals surface area contributed by atoms with Gasteiger partial charge in [-0.05, 0) is 31.9 Å². The standard InChI is InChI=1S/C19H25ClN7O5P/c1-2-26-12-6-5-11(28)9-13(12)27(7-3-4-8-33(30,31)32)14(26)10-23-19(29)15-17(21)25-18(22)16(20)24-15/h5-6,9H,2-4,7-8,10H2,1H3,(H7-,21,22,23,25,28,29,30,31,32)/p+1. The van der Waals surface area contributed by atoms with Crippen LogP contribution in [-0.2, 0) is 24.2 Å². The minimum absolute atomic E-state index is 0.0786. The molecule has 0 unspecified atom stereocenters. The summed E-state index contributed by atoms with van der Waals surface area (Å²) in [5.41, 5.74) is 12.7. The molecule has 0 fully saturated rings. The summed E-state index contributed by atoms with van der Waals surface area (Å²) in [6.07, 6.45) is 0.588. The van der Waals surface area contributed by atoms with Crippen LogP contribution in [0, 0.1) is 0 Å². The molecule has 1 amide bonds. The predicted molar refractivity (Wildman–Crippen MR) is 123 cm³/mol. The highest BCUT2D eigenvalue weighted by atomic mass is 35.5. The number of anilines is 2. The van der Waals surface area contributed by atoms with Gasteiger partial charge in [0.1, 0.15) is 12.3 Å². The molecule has 8 N–H and O–H groups in total. The maximum absolute atomic E-state index is 12.7. The number of nitrogens with one attached hydrogen (secondary N) is 1. The van der Waals surface area contributed by atoms with Gasteiger partial charge in [0.05, 0.1) is 13.1 Å². The predicted octanol–water partition coefficient (Wildman–Crippen LogP) is 1.15. The van der Waals surface area contributed by atoms with E-state index in [4.69, 9.17) is 32.9 Å². The smallest absolute Gasteiger partial charge is 0.325 e. The minimum Gasteiger partial charge on any atom is -0.508 e. The third-order valence-electron chi connectivity index (χ3n) is 5.09. The SMILES string of the molecule is CC[n+]1c(CNC(=O)c2nc(Cl)c(N)nc2N)n(CCCCP(=O)(O)O)c2cc(O)ccc21. The molecule has 12 nitrogen and oxygen atoms in total. The molecule has 33 heavy (non-hydrogen) atoms. The second-order valence-corrected chi connectivity index (χ2v) is 9.53. The minimum atomic E-state index is -4.08. The third-order valence-corrected chi connectivity index (χ3v) is 6.27. The molecule has 0 atom stereocenters. The zero-order valence-electron chi connectivity index (χ0n) is 17.9. The normalized spacial score (nSPS) is 11.8. The van der Waals surface area contributed by atoms with Crippen molar-refractivity contribution < 1.29 is 28.8 Å². The van der Waals surface area contributed by atoms with Crippen molar-refractivity contribution in [1.82, 2.24) is 19.9 Å². The molecular formula is C19H26ClN7O5P+. The quantitative estimate of drug-likeness (QED) is 0.142. The molecule has 3 aromatic rings. The number of aryl methyl sites for hydroxylation is 2. The Morgan fingerprint density at radius 3 is 2.64 bits per heavy atom. The van der Waals surface area contributed by atoms with Crippen LogP contribution in [0.25, 0.3) is 11.0 Å². The number of aromatic nitrogens is 4. The van der Waals surface area contributed by atoms with E-state index in [1.165, 1.54) is 0 Å². The van der Waals surface area contributed by atoms with Gasteiger partial charge >= 0.3 is 7.60 Å². The number of benzene rings is 1. The summed E-state index contributed by atoms with van der Waals surface area (Å²) in [5.74, 6) is -0.0262. The van der Waals surface area contributed by atoms with E-state index in [2.05, 4.69) is 15.3 Å². The van der Waals surface area contributed by atoms with Crippen molar-refractivity contribution >= 4 is 47.8 Å². The highest BCUT2D eigenvalue weighted by molar-refractivity contribution is 7.51. The second kappa shape index (κ2) is 9.92. The van der Waals surface area contributed by atoms with Gasteiger partial charge in [-0.3, -0.25) is 9.36 Å².